The van der Waals surface area contributed by atoms with Crippen LogP contribution < -0.4 is 5.14 Å². The van der Waals surface area contributed by atoms with E-state index < -0.39 is 10.0 Å². The van der Waals surface area contributed by atoms with E-state index in [9.17, 15) is 13.2 Å². The predicted octanol–water partition coefficient (Wildman–Crippen LogP) is 3.16. The number of hydrogen-bond donors (Lipinski definition) is 1. The molecule has 0 atom stereocenters. The molecule has 1 aliphatic heterocycles. The highest BCUT2D eigenvalue weighted by molar-refractivity contribution is 7.89. The molecule has 9 heteroatoms. The Labute approximate surface area is 200 Å². The molecule has 1 fully saturated rings. The number of aryl methyl sites for hydroxylation is 1. The van der Waals surface area contributed by atoms with E-state index in [1.165, 1.54) is 34.3 Å². The molecule has 2 aromatic carbocycles. The number of carbonyl (C=O) groups excluding carboxylic acids is 1. The van der Waals surface area contributed by atoms with Crippen LogP contribution in [0.5, 0.6) is 0 Å². The van der Waals surface area contributed by atoms with Crippen LogP contribution in [-0.2, 0) is 23.1 Å². The van der Waals surface area contributed by atoms with Gasteiger partial charge in [0.05, 0.1) is 17.6 Å². The normalized spacial score (nSPS) is 15.5. The first-order chi connectivity index (χ1) is 16.3. The topological polar surface area (TPSA) is 111 Å². The molecule has 0 aliphatic carbocycles. The molecule has 0 amide bonds. The number of piperidine rings is 1. The van der Waals surface area contributed by atoms with Gasteiger partial charge >= 0.3 is 0 Å². The summed E-state index contributed by atoms with van der Waals surface area (Å²) in [6.07, 6.45) is 5.08. The molecule has 180 valence electrons. The minimum absolute atomic E-state index is 0.0120. The Morgan fingerprint density at radius 3 is 2.26 bits per heavy atom. The van der Waals surface area contributed by atoms with Crippen molar-refractivity contribution >= 4 is 15.8 Å². The van der Waals surface area contributed by atoms with Gasteiger partial charge in [-0.3, -0.25) is 9.69 Å². The number of primary sulfonamides is 1. The number of ketones is 1. The van der Waals surface area contributed by atoms with Crippen molar-refractivity contribution < 1.29 is 13.2 Å². The first kappa shape index (κ1) is 24.3. The summed E-state index contributed by atoms with van der Waals surface area (Å²) in [5.41, 5.74) is 3.82. The van der Waals surface area contributed by atoms with Gasteiger partial charge in [0.25, 0.3) is 0 Å². The highest BCUT2D eigenvalue weighted by Gasteiger charge is 2.21. The third-order valence-corrected chi connectivity index (χ3v) is 7.34. The molecule has 2 N–H and O–H groups in total. The van der Waals surface area contributed by atoms with Gasteiger partial charge < -0.3 is 0 Å². The number of rotatable bonds is 9. The molecule has 4 rings (SSSR count). The highest BCUT2D eigenvalue weighted by atomic mass is 32.2. The van der Waals surface area contributed by atoms with E-state index >= 15 is 0 Å². The minimum Gasteiger partial charge on any atom is -0.299 e. The molecule has 1 saturated heterocycles. The number of benzene rings is 2. The number of carbonyl (C=O) groups is 1. The zero-order valence-electron chi connectivity index (χ0n) is 19.4. The largest absolute Gasteiger partial charge is 0.299 e. The lowest BCUT2D eigenvalue weighted by molar-refractivity contribution is 0.0955. The number of sulfonamides is 1. The molecule has 1 aliphatic rings. The van der Waals surface area contributed by atoms with E-state index in [1.807, 2.05) is 0 Å². The second-order valence-corrected chi connectivity index (χ2v) is 10.7. The van der Waals surface area contributed by atoms with Crippen molar-refractivity contribution in [2.75, 3.05) is 13.1 Å². The minimum atomic E-state index is -3.72. The molecule has 2 heterocycles. The smallest absolute Gasteiger partial charge is 0.238 e. The van der Waals surface area contributed by atoms with Gasteiger partial charge in [-0.25, -0.2) is 13.6 Å². The highest BCUT2D eigenvalue weighted by Crippen LogP contribution is 2.24. The second-order valence-electron chi connectivity index (χ2n) is 9.12. The van der Waals surface area contributed by atoms with Crippen LogP contribution in [0.1, 0.15) is 52.9 Å². The van der Waals surface area contributed by atoms with Crippen LogP contribution in [0.3, 0.4) is 0 Å². The third-order valence-electron chi connectivity index (χ3n) is 6.41. The summed E-state index contributed by atoms with van der Waals surface area (Å²) >= 11 is 0. The summed E-state index contributed by atoms with van der Waals surface area (Å²) in [4.78, 5) is 16.6. The fourth-order valence-corrected chi connectivity index (χ4v) is 4.81. The van der Waals surface area contributed by atoms with Crippen LogP contribution in [-0.4, -0.2) is 47.2 Å². The van der Waals surface area contributed by atoms with Crippen molar-refractivity contribution in [3.63, 3.8) is 0 Å². The number of aromatic nitrogens is 3. The second kappa shape index (κ2) is 10.6. The fraction of sp³-hybridized carbons (Fsp3) is 0.400. The Balaban J connectivity index is 1.22. The zero-order valence-corrected chi connectivity index (χ0v) is 20.2. The number of nitrogens with zero attached hydrogens (tertiary/aromatic N) is 4. The third kappa shape index (κ3) is 6.59. The molecule has 0 spiro atoms. The maximum Gasteiger partial charge on any atom is 0.238 e. The van der Waals surface area contributed by atoms with Crippen LogP contribution in [0.25, 0.3) is 0 Å². The standard InChI is InChI=1S/C25H31N5O3S/c1-19-2-4-21(5-3-19)17-29-14-12-20(13-15-29)8-11-25(31)24-16-27-30(28-24)18-22-6-9-23(10-7-22)34(26,32)33/h2-7,9-10,16,20H,8,11-15,17-18H2,1H3,(H2,26,32,33). The molecule has 0 bridgehead atoms. The maximum atomic E-state index is 12.6. The summed E-state index contributed by atoms with van der Waals surface area (Å²) in [5, 5.41) is 13.6. The van der Waals surface area contributed by atoms with Crippen molar-refractivity contribution in [3.05, 3.63) is 77.1 Å². The van der Waals surface area contributed by atoms with Crippen LogP contribution in [0.4, 0.5) is 0 Å². The Hall–Kier alpha value is -2.88. The maximum absolute atomic E-state index is 12.6. The summed E-state index contributed by atoms with van der Waals surface area (Å²) in [6.45, 7) is 5.56. The van der Waals surface area contributed by atoms with E-state index in [1.54, 1.807) is 12.1 Å². The number of nitrogens with two attached hydrogens (primary N) is 1. The van der Waals surface area contributed by atoms with Crippen LogP contribution >= 0.6 is 0 Å². The van der Waals surface area contributed by atoms with E-state index in [-0.39, 0.29) is 10.7 Å². The van der Waals surface area contributed by atoms with Gasteiger partial charge in [0.1, 0.15) is 5.69 Å². The van der Waals surface area contributed by atoms with Crippen molar-refractivity contribution in [3.8, 4) is 0 Å². The van der Waals surface area contributed by atoms with Gasteiger partial charge in [0.15, 0.2) is 5.78 Å². The molecule has 8 nitrogen and oxygen atoms in total. The molecular weight excluding hydrogens is 450 g/mol. The monoisotopic (exact) mass is 481 g/mol. The molecule has 0 radical (unpaired) electrons. The van der Waals surface area contributed by atoms with E-state index in [0.717, 1.165) is 44.5 Å². The van der Waals surface area contributed by atoms with Crippen molar-refractivity contribution in [1.82, 2.24) is 19.9 Å². The van der Waals surface area contributed by atoms with Gasteiger partial charge in [0, 0.05) is 13.0 Å². The van der Waals surface area contributed by atoms with E-state index in [0.29, 0.717) is 24.6 Å². The first-order valence-corrected chi connectivity index (χ1v) is 13.1. The number of hydrogen-bond acceptors (Lipinski definition) is 6. The Morgan fingerprint density at radius 1 is 1.00 bits per heavy atom. The first-order valence-electron chi connectivity index (χ1n) is 11.6. The van der Waals surface area contributed by atoms with Crippen molar-refractivity contribution in [2.24, 2.45) is 11.1 Å². The van der Waals surface area contributed by atoms with Crippen molar-refractivity contribution in [1.29, 1.82) is 0 Å². The summed E-state index contributed by atoms with van der Waals surface area (Å²) < 4.78 is 22.7. The van der Waals surface area contributed by atoms with Crippen molar-refractivity contribution in [2.45, 2.75) is 50.6 Å². The summed E-state index contributed by atoms with van der Waals surface area (Å²) in [5.74, 6) is 0.573. The van der Waals surface area contributed by atoms with Gasteiger partial charge in [-0.2, -0.15) is 9.90 Å². The Kier molecular flexibility index (Phi) is 7.55. The van der Waals surface area contributed by atoms with Crippen LogP contribution in [0.2, 0.25) is 0 Å². The molecule has 3 aromatic rings. The number of Topliss-reactive ketones (excluding diaryl/α,β-unsaturated/α-hetero) is 1. The number of likely N-dealkylation sites (tertiary alicyclic amines) is 1. The zero-order chi connectivity index (χ0) is 24.1. The average Bonchev–Trinajstić information content (AvgIpc) is 3.28. The fourth-order valence-electron chi connectivity index (χ4n) is 4.30. The lowest BCUT2D eigenvalue weighted by Crippen LogP contribution is -2.33. The van der Waals surface area contributed by atoms with Gasteiger partial charge in [-0.1, -0.05) is 42.0 Å². The van der Waals surface area contributed by atoms with Crippen LogP contribution in [0, 0.1) is 12.8 Å². The molecule has 1 aromatic heterocycles. The molecule has 0 saturated carbocycles. The van der Waals surface area contributed by atoms with E-state index in [2.05, 4.69) is 46.3 Å². The average molecular weight is 482 g/mol. The van der Waals surface area contributed by atoms with E-state index in [4.69, 9.17) is 5.14 Å². The summed E-state index contributed by atoms with van der Waals surface area (Å²) in [6, 6.07) is 15.0. The molecular formula is C25H31N5O3S. The SMILES string of the molecule is Cc1ccc(CN2CCC(CCC(=O)c3cnn(Cc4ccc(S(N)(=O)=O)cc4)n3)CC2)cc1. The van der Waals surface area contributed by atoms with Gasteiger partial charge in [0.2, 0.25) is 10.0 Å². The van der Waals surface area contributed by atoms with Gasteiger partial charge in [-0.05, 0) is 68.5 Å². The molecule has 34 heavy (non-hydrogen) atoms. The van der Waals surface area contributed by atoms with Gasteiger partial charge in [-0.15, -0.1) is 5.10 Å². The summed E-state index contributed by atoms with van der Waals surface area (Å²) in [7, 11) is -3.72. The lowest BCUT2D eigenvalue weighted by Gasteiger charge is -2.32. The Bertz CT molecular complexity index is 1210. The predicted molar refractivity (Wildman–Crippen MR) is 130 cm³/mol. The van der Waals surface area contributed by atoms with Crippen LogP contribution in [0.15, 0.2) is 59.6 Å². The Morgan fingerprint density at radius 2 is 1.62 bits per heavy atom. The molecule has 0 unspecified atom stereocenters. The lowest BCUT2D eigenvalue weighted by atomic mass is 9.91. The quantitative estimate of drug-likeness (QED) is 0.470.